The van der Waals surface area contributed by atoms with Crippen LogP contribution in [0.1, 0.15) is 33.4 Å². The van der Waals surface area contributed by atoms with Crippen LogP contribution in [0.3, 0.4) is 0 Å². The third-order valence-electron chi connectivity index (χ3n) is 7.27. The summed E-state index contributed by atoms with van der Waals surface area (Å²) in [4.78, 5) is 0. The molecule has 4 heteroatoms. The molecule has 0 N–H and O–H groups in total. The number of hydrogen-bond acceptors (Lipinski definition) is 3. The van der Waals surface area contributed by atoms with E-state index in [9.17, 15) is 10.5 Å². The van der Waals surface area contributed by atoms with Gasteiger partial charge in [-0.15, -0.1) is 0 Å². The molecule has 0 fully saturated rings. The molecular formula is C31H15BN2O. The van der Waals surface area contributed by atoms with Crippen LogP contribution in [0, 0.1) is 22.7 Å². The highest BCUT2D eigenvalue weighted by Gasteiger charge is 2.51. The van der Waals surface area contributed by atoms with E-state index in [4.69, 9.17) is 12.6 Å². The lowest BCUT2D eigenvalue weighted by atomic mass is 9.65. The molecule has 5 aromatic carbocycles. The average molecular weight is 442 g/mol. The van der Waals surface area contributed by atoms with Gasteiger partial charge in [0, 0.05) is 11.1 Å². The van der Waals surface area contributed by atoms with Crippen molar-refractivity contribution in [1.29, 1.82) is 10.5 Å². The van der Waals surface area contributed by atoms with E-state index in [1.807, 2.05) is 54.6 Å². The molecular weight excluding hydrogens is 427 g/mol. The minimum atomic E-state index is -0.743. The molecule has 3 nitrogen and oxygen atoms in total. The number of para-hydroxylation sites is 1. The number of nitriles is 2. The molecule has 158 valence electrons. The lowest BCUT2D eigenvalue weighted by Crippen LogP contribution is -2.32. The topological polar surface area (TPSA) is 56.8 Å². The van der Waals surface area contributed by atoms with Gasteiger partial charge in [-0.05, 0) is 63.4 Å². The normalized spacial score (nSPS) is 16.4. The molecule has 35 heavy (non-hydrogen) atoms. The monoisotopic (exact) mass is 442 g/mol. The number of fused-ring (bicyclic) bond motifs is 10. The van der Waals surface area contributed by atoms with Crippen molar-refractivity contribution in [3.8, 4) is 34.8 Å². The zero-order valence-corrected chi connectivity index (χ0v) is 18.5. The molecule has 1 aliphatic carbocycles. The summed E-state index contributed by atoms with van der Waals surface area (Å²) in [6.45, 7) is 0. The summed E-state index contributed by atoms with van der Waals surface area (Å²) in [5.74, 6) is 1.21. The summed E-state index contributed by atoms with van der Waals surface area (Å²) in [6, 6.07) is 34.7. The Balaban J connectivity index is 1.73. The highest BCUT2D eigenvalue weighted by atomic mass is 16.5. The van der Waals surface area contributed by atoms with Gasteiger partial charge in [-0.25, -0.2) is 0 Å². The Hall–Kier alpha value is -4.80. The van der Waals surface area contributed by atoms with Gasteiger partial charge in [0.1, 0.15) is 25.4 Å². The van der Waals surface area contributed by atoms with Crippen LogP contribution < -0.4 is 10.2 Å². The molecule has 1 spiro atoms. The van der Waals surface area contributed by atoms with Crippen LogP contribution in [-0.4, -0.2) is 7.85 Å². The predicted octanol–water partition coefficient (Wildman–Crippen LogP) is 5.85. The van der Waals surface area contributed by atoms with Crippen LogP contribution in [0.5, 0.6) is 11.5 Å². The van der Waals surface area contributed by atoms with Crippen molar-refractivity contribution >= 4 is 24.1 Å². The zero-order chi connectivity index (χ0) is 23.7. The predicted molar refractivity (Wildman–Crippen MR) is 136 cm³/mol. The largest absolute Gasteiger partial charge is 0.455 e. The van der Waals surface area contributed by atoms with Crippen LogP contribution >= 0.6 is 0 Å². The van der Waals surface area contributed by atoms with E-state index in [1.165, 1.54) is 0 Å². The first-order chi connectivity index (χ1) is 17.1. The highest BCUT2D eigenvalue weighted by Crippen LogP contribution is 2.62. The van der Waals surface area contributed by atoms with E-state index in [2.05, 4.69) is 42.5 Å². The minimum absolute atomic E-state index is 0.351. The summed E-state index contributed by atoms with van der Waals surface area (Å²) in [5.41, 5.74) is 6.99. The second-order valence-corrected chi connectivity index (χ2v) is 9.02. The fraction of sp³-hybridized carbons (Fsp3) is 0.0323. The van der Waals surface area contributed by atoms with Crippen molar-refractivity contribution in [2.75, 3.05) is 0 Å². The standard InChI is InChI=1S/C31H15BN2O/c32-22-10-9-19-14-24-23-5-1-2-6-25(23)31(27(24)15-20(19)13-22)26-7-3-4-8-29(26)35-30-21(17-34)11-18(16-33)12-28(30)31/h1-15H. The van der Waals surface area contributed by atoms with Crippen molar-refractivity contribution in [3.63, 3.8) is 0 Å². The Bertz CT molecular complexity index is 1830. The Morgan fingerprint density at radius 3 is 2.29 bits per heavy atom. The van der Waals surface area contributed by atoms with Crippen molar-refractivity contribution in [1.82, 2.24) is 0 Å². The maximum absolute atomic E-state index is 10.0. The van der Waals surface area contributed by atoms with Crippen LogP contribution in [0.15, 0.2) is 91.0 Å². The first-order valence-electron chi connectivity index (χ1n) is 11.3. The lowest BCUT2D eigenvalue weighted by Gasteiger charge is -2.39. The van der Waals surface area contributed by atoms with E-state index >= 15 is 0 Å². The van der Waals surface area contributed by atoms with E-state index in [0.29, 0.717) is 28.1 Å². The molecule has 1 atom stereocenters. The minimum Gasteiger partial charge on any atom is -0.455 e. The molecule has 7 rings (SSSR count). The summed E-state index contributed by atoms with van der Waals surface area (Å²) in [7, 11) is 6.16. The highest BCUT2D eigenvalue weighted by molar-refractivity contribution is 6.33. The van der Waals surface area contributed by atoms with Gasteiger partial charge in [-0.1, -0.05) is 66.1 Å². The summed E-state index contributed by atoms with van der Waals surface area (Å²) in [5, 5.41) is 22.0. The van der Waals surface area contributed by atoms with E-state index in [0.717, 1.165) is 44.2 Å². The molecule has 1 heterocycles. The van der Waals surface area contributed by atoms with Crippen LogP contribution in [0.2, 0.25) is 0 Å². The van der Waals surface area contributed by atoms with Gasteiger partial charge in [0.15, 0.2) is 0 Å². The Morgan fingerprint density at radius 2 is 1.46 bits per heavy atom. The Morgan fingerprint density at radius 1 is 0.657 bits per heavy atom. The first-order valence-corrected chi connectivity index (χ1v) is 11.3. The number of benzene rings is 5. The zero-order valence-electron chi connectivity index (χ0n) is 18.5. The smallest absolute Gasteiger partial charge is 0.150 e. The van der Waals surface area contributed by atoms with Crippen molar-refractivity contribution < 1.29 is 4.74 Å². The number of ether oxygens (including phenoxy) is 1. The number of rotatable bonds is 0. The molecule has 0 bridgehead atoms. The molecule has 0 saturated carbocycles. The molecule has 1 unspecified atom stereocenters. The van der Waals surface area contributed by atoms with E-state index < -0.39 is 5.41 Å². The van der Waals surface area contributed by atoms with Gasteiger partial charge < -0.3 is 4.74 Å². The average Bonchev–Trinajstić information content (AvgIpc) is 3.17. The maximum atomic E-state index is 10.0. The van der Waals surface area contributed by atoms with Crippen LogP contribution in [-0.2, 0) is 5.41 Å². The summed E-state index contributed by atoms with van der Waals surface area (Å²) < 4.78 is 6.37. The van der Waals surface area contributed by atoms with Gasteiger partial charge in [-0.2, -0.15) is 10.5 Å². The quantitative estimate of drug-likeness (QED) is 0.277. The Labute approximate surface area is 203 Å². The third-order valence-corrected chi connectivity index (χ3v) is 7.27. The first kappa shape index (κ1) is 19.7. The van der Waals surface area contributed by atoms with Gasteiger partial charge >= 0.3 is 0 Å². The van der Waals surface area contributed by atoms with E-state index in [-0.39, 0.29) is 0 Å². The van der Waals surface area contributed by atoms with Crippen molar-refractivity contribution in [3.05, 3.63) is 124 Å². The van der Waals surface area contributed by atoms with Gasteiger partial charge in [-0.3, -0.25) is 0 Å². The second kappa shape index (κ2) is 6.86. The maximum Gasteiger partial charge on any atom is 0.150 e. The SMILES string of the molecule is [B]c1ccc2cc3c(cc2c1)C1(c2ccccc2Oc2c(C#N)cc(C#N)cc21)c1ccccc1-3. The molecule has 5 aromatic rings. The summed E-state index contributed by atoms with van der Waals surface area (Å²) >= 11 is 0. The lowest BCUT2D eigenvalue weighted by molar-refractivity contribution is 0.435. The fourth-order valence-corrected chi connectivity index (χ4v) is 5.91. The molecule has 1 aliphatic heterocycles. The molecule has 0 amide bonds. The third kappa shape index (κ3) is 2.44. The number of hydrogen-bond donors (Lipinski definition) is 0. The second-order valence-electron chi connectivity index (χ2n) is 9.02. The molecule has 0 saturated heterocycles. The van der Waals surface area contributed by atoms with Gasteiger partial charge in [0.25, 0.3) is 0 Å². The summed E-state index contributed by atoms with van der Waals surface area (Å²) in [6.07, 6.45) is 0. The van der Waals surface area contributed by atoms with Gasteiger partial charge in [0.05, 0.1) is 22.6 Å². The van der Waals surface area contributed by atoms with Gasteiger partial charge in [0.2, 0.25) is 0 Å². The van der Waals surface area contributed by atoms with Crippen molar-refractivity contribution in [2.24, 2.45) is 0 Å². The van der Waals surface area contributed by atoms with Crippen LogP contribution in [0.25, 0.3) is 21.9 Å². The molecule has 2 aliphatic rings. The van der Waals surface area contributed by atoms with Crippen molar-refractivity contribution in [2.45, 2.75) is 5.41 Å². The number of nitrogens with zero attached hydrogens (tertiary/aromatic N) is 2. The van der Waals surface area contributed by atoms with Crippen LogP contribution in [0.4, 0.5) is 0 Å². The van der Waals surface area contributed by atoms with E-state index in [1.54, 1.807) is 6.07 Å². The fourth-order valence-electron chi connectivity index (χ4n) is 5.91. The Kier molecular flexibility index (Phi) is 3.85. The molecule has 2 radical (unpaired) electrons. The molecule has 0 aromatic heterocycles.